The zero-order valence-electron chi connectivity index (χ0n) is 34.5. The maximum Gasteiger partial charge on any atom is 0.219 e. The van der Waals surface area contributed by atoms with Crippen molar-refractivity contribution >= 4 is 64.9 Å². The minimum atomic E-state index is -0.0269. The van der Waals surface area contributed by atoms with Gasteiger partial charge < -0.3 is 10.2 Å². The van der Waals surface area contributed by atoms with Gasteiger partial charge in [0.15, 0.2) is 11.6 Å². The van der Waals surface area contributed by atoms with Crippen molar-refractivity contribution in [2.75, 3.05) is 38.0 Å². The number of carbonyl (C=O) groups excluding carboxylic acids is 3. The summed E-state index contributed by atoms with van der Waals surface area (Å²) in [5.41, 5.74) is 9.55. The number of nitrogens with zero attached hydrogens (tertiary/aromatic N) is 2. The number of aryl methyl sites for hydroxylation is 2. The lowest BCUT2D eigenvalue weighted by Gasteiger charge is -2.35. The van der Waals surface area contributed by atoms with Crippen LogP contribution in [0.5, 0.6) is 0 Å². The van der Waals surface area contributed by atoms with Crippen LogP contribution in [0, 0.1) is 24.3 Å². The number of carbonyl (C=O) groups is 3. The standard InChI is InChI=1S/C42H41ClN2O3.C10H9N.ClH/c1-26-8-4-5-9-31(26)41(47)30-14-15-32(27(2)24-30)42(48)37-12-6-11-35-34(37)16-17-36-33-10-7-13-39(43)38(33)25-29(40(35)36)18-19-44-20-22-45(23-21-44)28(3)46;1-2-7-10-9(5-1)6-3-4-8-11-10;/h4-5,7-10,13-17,24-25,29H,6,11-12,18-23H2,1-3H3;1-8,11H;1H. The summed E-state index contributed by atoms with van der Waals surface area (Å²) in [6, 6.07) is 31.8. The molecule has 0 bridgehead atoms. The number of rotatable bonds is 7. The van der Waals surface area contributed by atoms with E-state index >= 15 is 0 Å². The number of halogens is 2. The number of ketones is 2. The largest absolute Gasteiger partial charge is 0.361 e. The SMILES string of the molecule is C1=CNc2ccccc2C=C1.CC(=O)N1CCN(CCC2C=c3c(Cl)cccc3=c3ccc4c(c32)CCCC=4C(=O)c2ccc(C(=O)c3ccccc3C)cc2C)CC1.Cl. The topological polar surface area (TPSA) is 69.7 Å². The molecule has 306 valence electrons. The molecule has 4 aliphatic rings. The third-order valence-electron chi connectivity index (χ3n) is 12.3. The van der Waals surface area contributed by atoms with Crippen LogP contribution in [0.4, 0.5) is 5.69 Å². The Morgan fingerprint density at radius 2 is 1.50 bits per heavy atom. The lowest BCUT2D eigenvalue weighted by atomic mass is 9.79. The Hall–Kier alpha value is -5.53. The lowest BCUT2D eigenvalue weighted by molar-refractivity contribution is -0.130. The van der Waals surface area contributed by atoms with E-state index in [1.54, 1.807) is 13.0 Å². The van der Waals surface area contributed by atoms with Gasteiger partial charge in [-0.1, -0.05) is 109 Å². The highest BCUT2D eigenvalue weighted by Crippen LogP contribution is 2.32. The molecule has 0 aromatic heterocycles. The zero-order chi connectivity index (χ0) is 41.0. The molecule has 0 spiro atoms. The minimum absolute atomic E-state index is 0. The Labute approximate surface area is 363 Å². The number of allylic oxidation sites excluding steroid dienone is 2. The van der Waals surface area contributed by atoms with Gasteiger partial charge in [-0.2, -0.15) is 0 Å². The number of hydrogen-bond donors (Lipinski definition) is 1. The van der Waals surface area contributed by atoms with Crippen LogP contribution in [0.15, 0.2) is 115 Å². The van der Waals surface area contributed by atoms with Crippen molar-refractivity contribution in [1.82, 2.24) is 9.80 Å². The molecule has 60 heavy (non-hydrogen) atoms. The van der Waals surface area contributed by atoms with Crippen LogP contribution in [-0.4, -0.2) is 60.0 Å². The number of anilines is 1. The number of amides is 1. The van der Waals surface area contributed by atoms with Crippen molar-refractivity contribution in [1.29, 1.82) is 0 Å². The van der Waals surface area contributed by atoms with E-state index in [-0.39, 0.29) is 35.8 Å². The smallest absolute Gasteiger partial charge is 0.219 e. The zero-order valence-corrected chi connectivity index (χ0v) is 36.0. The number of hydrogen-bond acceptors (Lipinski definition) is 5. The van der Waals surface area contributed by atoms with E-state index in [0.29, 0.717) is 16.7 Å². The molecule has 5 aromatic carbocycles. The monoisotopic (exact) mass is 835 g/mol. The van der Waals surface area contributed by atoms with Crippen molar-refractivity contribution in [3.8, 4) is 0 Å². The molecule has 8 heteroatoms. The highest BCUT2D eigenvalue weighted by atomic mass is 35.5. The third kappa shape index (κ3) is 8.83. The molecule has 0 radical (unpaired) electrons. The fourth-order valence-corrected chi connectivity index (χ4v) is 9.32. The molecule has 1 saturated heterocycles. The number of piperazine rings is 1. The van der Waals surface area contributed by atoms with E-state index in [4.69, 9.17) is 11.6 Å². The van der Waals surface area contributed by atoms with E-state index in [1.165, 1.54) is 21.9 Å². The van der Waals surface area contributed by atoms with Gasteiger partial charge in [0, 0.05) is 78.2 Å². The van der Waals surface area contributed by atoms with Gasteiger partial charge in [0.1, 0.15) is 0 Å². The van der Waals surface area contributed by atoms with Gasteiger partial charge in [-0.25, -0.2) is 0 Å². The summed E-state index contributed by atoms with van der Waals surface area (Å²) in [6.45, 7) is 9.75. The Morgan fingerprint density at radius 3 is 2.28 bits per heavy atom. The Kier molecular flexibility index (Phi) is 13.4. The van der Waals surface area contributed by atoms with Crippen LogP contribution in [0.3, 0.4) is 0 Å². The normalized spacial score (nSPS) is 16.2. The first-order valence-corrected chi connectivity index (χ1v) is 21.1. The molecule has 0 saturated carbocycles. The maximum atomic E-state index is 14.3. The van der Waals surface area contributed by atoms with Crippen molar-refractivity contribution in [2.45, 2.75) is 52.4 Å². The highest BCUT2D eigenvalue weighted by molar-refractivity contribution is 6.30. The Balaban J connectivity index is 0.000000391. The van der Waals surface area contributed by atoms with Gasteiger partial charge in [0.05, 0.1) is 0 Å². The van der Waals surface area contributed by atoms with Gasteiger partial charge in [-0.15, -0.1) is 12.4 Å². The summed E-state index contributed by atoms with van der Waals surface area (Å²) in [7, 11) is 0. The van der Waals surface area contributed by atoms with Crippen LogP contribution in [0.1, 0.15) is 86.2 Å². The van der Waals surface area contributed by atoms with Crippen molar-refractivity contribution in [2.24, 2.45) is 0 Å². The number of benzene rings is 5. The average Bonchev–Trinajstić information content (AvgIpc) is 3.51. The van der Waals surface area contributed by atoms with Crippen LogP contribution in [0.2, 0.25) is 5.02 Å². The molecule has 1 atom stereocenters. The van der Waals surface area contributed by atoms with Crippen molar-refractivity contribution in [3.63, 3.8) is 0 Å². The second-order valence-electron chi connectivity index (χ2n) is 15.9. The molecule has 2 aliphatic carbocycles. The second-order valence-corrected chi connectivity index (χ2v) is 16.4. The molecule has 1 unspecified atom stereocenters. The van der Waals surface area contributed by atoms with E-state index in [1.807, 2.05) is 97.8 Å². The Bertz CT molecular complexity index is 2770. The van der Waals surface area contributed by atoms with E-state index in [0.717, 1.165) is 101 Å². The molecule has 1 amide bonds. The number of fused-ring (bicyclic) bond motifs is 5. The summed E-state index contributed by atoms with van der Waals surface area (Å²) in [4.78, 5) is 43.9. The summed E-state index contributed by atoms with van der Waals surface area (Å²) < 4.78 is 0. The quantitative estimate of drug-likeness (QED) is 0.166. The van der Waals surface area contributed by atoms with Crippen molar-refractivity contribution in [3.05, 3.63) is 186 Å². The molecule has 6 nitrogen and oxygen atoms in total. The molecular weight excluding hydrogens is 785 g/mol. The molecule has 1 N–H and O–H groups in total. The van der Waals surface area contributed by atoms with Crippen LogP contribution >= 0.6 is 24.0 Å². The van der Waals surface area contributed by atoms with Crippen LogP contribution in [-0.2, 0) is 11.2 Å². The van der Waals surface area contributed by atoms with Gasteiger partial charge in [0.25, 0.3) is 0 Å². The first-order chi connectivity index (χ1) is 28.7. The van der Waals surface area contributed by atoms with Gasteiger partial charge >= 0.3 is 0 Å². The fraction of sp³-hybridized carbons (Fsp3) is 0.250. The molecule has 2 aliphatic heterocycles. The molecule has 5 aromatic rings. The number of Topliss-reactive ketones (excluding diaryl/α,β-unsaturated/α-hetero) is 1. The van der Waals surface area contributed by atoms with Gasteiger partial charge in [-0.05, 0) is 119 Å². The fourth-order valence-electron chi connectivity index (χ4n) is 9.08. The first kappa shape index (κ1) is 42.6. The number of para-hydroxylation sites is 1. The highest BCUT2D eigenvalue weighted by Gasteiger charge is 2.27. The summed E-state index contributed by atoms with van der Waals surface area (Å²) in [6.07, 6.45) is 13.9. The third-order valence-corrected chi connectivity index (χ3v) is 12.6. The summed E-state index contributed by atoms with van der Waals surface area (Å²) in [5, 5.41) is 8.45. The van der Waals surface area contributed by atoms with E-state index in [9.17, 15) is 14.4 Å². The Morgan fingerprint density at radius 1 is 0.750 bits per heavy atom. The first-order valence-electron chi connectivity index (χ1n) is 20.8. The molecule has 1 fully saturated rings. The van der Waals surface area contributed by atoms with Crippen molar-refractivity contribution < 1.29 is 14.4 Å². The molecule has 2 heterocycles. The number of nitrogens with one attached hydrogen (secondary N) is 1. The van der Waals surface area contributed by atoms with Gasteiger partial charge in [-0.3, -0.25) is 19.3 Å². The molecular formula is C52H51Cl2N3O3. The summed E-state index contributed by atoms with van der Waals surface area (Å²) >= 11 is 6.78. The minimum Gasteiger partial charge on any atom is -0.361 e. The predicted octanol–water partition coefficient (Wildman–Crippen LogP) is 9.34. The summed E-state index contributed by atoms with van der Waals surface area (Å²) in [5.74, 6) is 0.328. The average molecular weight is 837 g/mol. The maximum absolute atomic E-state index is 14.3. The lowest BCUT2D eigenvalue weighted by Crippen LogP contribution is -2.48. The molecule has 9 rings (SSSR count). The van der Waals surface area contributed by atoms with E-state index in [2.05, 4.69) is 52.7 Å². The second kappa shape index (κ2) is 18.8. The van der Waals surface area contributed by atoms with Crippen LogP contribution in [0.25, 0.3) is 17.7 Å². The van der Waals surface area contributed by atoms with Crippen LogP contribution < -0.4 is 15.8 Å². The van der Waals surface area contributed by atoms with Gasteiger partial charge in [0.2, 0.25) is 5.91 Å². The van der Waals surface area contributed by atoms with E-state index < -0.39 is 0 Å². The predicted molar refractivity (Wildman–Crippen MR) is 247 cm³/mol.